The first kappa shape index (κ1) is 15.2. The van der Waals surface area contributed by atoms with Gasteiger partial charge in [0.1, 0.15) is 11.5 Å². The maximum absolute atomic E-state index is 12.8. The Kier molecular flexibility index (Phi) is 3.75. The van der Waals surface area contributed by atoms with E-state index >= 15 is 0 Å². The van der Waals surface area contributed by atoms with Crippen LogP contribution in [0.4, 0.5) is 5.95 Å². The van der Waals surface area contributed by atoms with Gasteiger partial charge in [-0.05, 0) is 38.0 Å². The van der Waals surface area contributed by atoms with E-state index in [1.807, 2.05) is 25.1 Å². The Morgan fingerprint density at radius 2 is 2.17 bits per heavy atom. The molecule has 6 nitrogen and oxygen atoms in total. The molecular weight excluding hydrogens is 304 g/mol. The largest absolute Gasteiger partial charge is 0.465 e. The third kappa shape index (κ3) is 2.66. The van der Waals surface area contributed by atoms with Crippen molar-refractivity contribution in [1.29, 1.82) is 0 Å². The number of amides is 1. The molecule has 1 saturated heterocycles. The normalized spacial score (nSPS) is 21.7. The van der Waals surface area contributed by atoms with Gasteiger partial charge in [-0.2, -0.15) is 0 Å². The van der Waals surface area contributed by atoms with Crippen LogP contribution in [0, 0.1) is 18.3 Å². The first-order valence-electron chi connectivity index (χ1n) is 8.51. The second-order valence-electron chi connectivity index (χ2n) is 6.93. The van der Waals surface area contributed by atoms with Gasteiger partial charge in [0.2, 0.25) is 11.9 Å². The SMILES string of the molecule is Cc1ccc(CNC(=O)C2CN(c3ncccn3)CC23CCC3)o1. The lowest BCUT2D eigenvalue weighted by molar-refractivity contribution is -0.129. The van der Waals surface area contributed by atoms with Crippen molar-refractivity contribution < 1.29 is 9.21 Å². The molecule has 126 valence electrons. The third-order valence-corrected chi connectivity index (χ3v) is 5.38. The molecule has 1 saturated carbocycles. The first-order chi connectivity index (χ1) is 11.7. The Morgan fingerprint density at radius 3 is 2.79 bits per heavy atom. The second-order valence-corrected chi connectivity index (χ2v) is 6.93. The van der Waals surface area contributed by atoms with Gasteiger partial charge in [0.05, 0.1) is 12.5 Å². The summed E-state index contributed by atoms with van der Waals surface area (Å²) in [7, 11) is 0. The number of nitrogens with zero attached hydrogens (tertiary/aromatic N) is 3. The fourth-order valence-corrected chi connectivity index (χ4v) is 3.95. The lowest BCUT2D eigenvalue weighted by Gasteiger charge is -2.41. The standard InChI is InChI=1S/C18H22N4O2/c1-13-4-5-14(24-13)10-21-16(23)15-11-22(12-18(15)6-2-7-18)17-19-8-3-9-20-17/h3-5,8-9,15H,2,6-7,10-12H2,1H3,(H,21,23). The van der Waals surface area contributed by atoms with Crippen LogP contribution in [0.5, 0.6) is 0 Å². The van der Waals surface area contributed by atoms with Crippen molar-refractivity contribution in [2.24, 2.45) is 11.3 Å². The third-order valence-electron chi connectivity index (χ3n) is 5.38. The molecule has 0 aromatic carbocycles. The summed E-state index contributed by atoms with van der Waals surface area (Å²) in [5.41, 5.74) is 0.0857. The number of anilines is 1. The molecular formula is C18H22N4O2. The minimum absolute atomic E-state index is 0.00823. The Bertz CT molecular complexity index is 724. The summed E-state index contributed by atoms with van der Waals surface area (Å²) >= 11 is 0. The van der Waals surface area contributed by atoms with Crippen molar-refractivity contribution in [3.05, 3.63) is 42.1 Å². The molecule has 24 heavy (non-hydrogen) atoms. The minimum Gasteiger partial charge on any atom is -0.465 e. The zero-order valence-corrected chi connectivity index (χ0v) is 13.9. The molecule has 6 heteroatoms. The molecule has 4 rings (SSSR count). The summed E-state index contributed by atoms with van der Waals surface area (Å²) in [4.78, 5) is 23.6. The highest BCUT2D eigenvalue weighted by Crippen LogP contribution is 2.52. The van der Waals surface area contributed by atoms with E-state index in [4.69, 9.17) is 4.42 Å². The molecule has 2 fully saturated rings. The van der Waals surface area contributed by atoms with Crippen molar-refractivity contribution in [3.8, 4) is 0 Å². The lowest BCUT2D eigenvalue weighted by atomic mass is 9.62. The molecule has 1 aliphatic carbocycles. The molecule has 0 bridgehead atoms. The molecule has 2 aliphatic rings. The highest BCUT2D eigenvalue weighted by Gasteiger charge is 2.53. The predicted octanol–water partition coefficient (Wildman–Crippen LogP) is 2.30. The number of furan rings is 1. The van der Waals surface area contributed by atoms with Gasteiger partial charge in [-0.3, -0.25) is 4.79 Å². The summed E-state index contributed by atoms with van der Waals surface area (Å²) in [6.07, 6.45) is 6.91. The second kappa shape index (κ2) is 5.92. The van der Waals surface area contributed by atoms with Crippen LogP contribution in [-0.2, 0) is 11.3 Å². The van der Waals surface area contributed by atoms with Crippen LogP contribution >= 0.6 is 0 Å². The maximum Gasteiger partial charge on any atom is 0.225 e. The van der Waals surface area contributed by atoms with Gasteiger partial charge < -0.3 is 14.6 Å². The van der Waals surface area contributed by atoms with Crippen LogP contribution in [0.3, 0.4) is 0 Å². The fourth-order valence-electron chi connectivity index (χ4n) is 3.95. The number of nitrogens with one attached hydrogen (secondary N) is 1. The molecule has 1 amide bonds. The summed E-state index contributed by atoms with van der Waals surface area (Å²) in [6.45, 7) is 3.91. The van der Waals surface area contributed by atoms with Crippen LogP contribution in [0.15, 0.2) is 35.0 Å². The van der Waals surface area contributed by atoms with E-state index in [1.54, 1.807) is 12.4 Å². The number of aryl methyl sites for hydroxylation is 1. The van der Waals surface area contributed by atoms with Gasteiger partial charge in [0.15, 0.2) is 0 Å². The predicted molar refractivity (Wildman–Crippen MR) is 89.3 cm³/mol. The van der Waals surface area contributed by atoms with E-state index in [-0.39, 0.29) is 17.2 Å². The van der Waals surface area contributed by atoms with Crippen LogP contribution in [0.2, 0.25) is 0 Å². The van der Waals surface area contributed by atoms with Gasteiger partial charge in [-0.15, -0.1) is 0 Å². The van der Waals surface area contributed by atoms with E-state index in [1.165, 1.54) is 6.42 Å². The summed E-state index contributed by atoms with van der Waals surface area (Å²) in [6, 6.07) is 5.64. The van der Waals surface area contributed by atoms with E-state index in [2.05, 4.69) is 20.2 Å². The monoisotopic (exact) mass is 326 g/mol. The molecule has 3 heterocycles. The van der Waals surface area contributed by atoms with E-state index in [0.29, 0.717) is 13.1 Å². The van der Waals surface area contributed by atoms with Gasteiger partial charge in [-0.25, -0.2) is 9.97 Å². The van der Waals surface area contributed by atoms with E-state index in [9.17, 15) is 4.79 Å². The molecule has 2 aromatic heterocycles. The van der Waals surface area contributed by atoms with Gasteiger partial charge >= 0.3 is 0 Å². The first-order valence-corrected chi connectivity index (χ1v) is 8.51. The van der Waals surface area contributed by atoms with Crippen LogP contribution < -0.4 is 10.2 Å². The highest BCUT2D eigenvalue weighted by atomic mass is 16.3. The maximum atomic E-state index is 12.8. The van der Waals surface area contributed by atoms with Crippen LogP contribution in [0.1, 0.15) is 30.8 Å². The number of hydrogen-bond acceptors (Lipinski definition) is 5. The van der Waals surface area contributed by atoms with E-state index < -0.39 is 0 Å². The van der Waals surface area contributed by atoms with Crippen molar-refractivity contribution in [1.82, 2.24) is 15.3 Å². The number of carbonyl (C=O) groups is 1. The van der Waals surface area contributed by atoms with Crippen molar-refractivity contribution in [3.63, 3.8) is 0 Å². The Balaban J connectivity index is 1.45. The number of aromatic nitrogens is 2. The average Bonchev–Trinajstić information content (AvgIpc) is 3.17. The summed E-state index contributed by atoms with van der Waals surface area (Å²) in [5, 5.41) is 3.05. The average molecular weight is 326 g/mol. The Labute approximate surface area is 141 Å². The lowest BCUT2D eigenvalue weighted by Crippen LogP contribution is -2.45. The van der Waals surface area contributed by atoms with Gasteiger partial charge in [0, 0.05) is 30.9 Å². The van der Waals surface area contributed by atoms with Gasteiger partial charge in [-0.1, -0.05) is 6.42 Å². The van der Waals surface area contributed by atoms with Crippen molar-refractivity contribution in [2.45, 2.75) is 32.7 Å². The zero-order valence-electron chi connectivity index (χ0n) is 13.9. The molecule has 2 aromatic rings. The quantitative estimate of drug-likeness (QED) is 0.933. The molecule has 1 unspecified atom stereocenters. The molecule has 1 spiro atoms. The number of carbonyl (C=O) groups excluding carboxylic acids is 1. The number of hydrogen-bond donors (Lipinski definition) is 1. The van der Waals surface area contributed by atoms with Gasteiger partial charge in [0.25, 0.3) is 0 Å². The van der Waals surface area contributed by atoms with Crippen molar-refractivity contribution in [2.75, 3.05) is 18.0 Å². The van der Waals surface area contributed by atoms with Crippen molar-refractivity contribution >= 4 is 11.9 Å². The highest BCUT2D eigenvalue weighted by molar-refractivity contribution is 5.81. The molecule has 1 atom stereocenters. The Morgan fingerprint density at radius 1 is 1.38 bits per heavy atom. The van der Waals surface area contributed by atoms with Crippen LogP contribution in [-0.4, -0.2) is 29.0 Å². The van der Waals surface area contributed by atoms with E-state index in [0.717, 1.165) is 36.9 Å². The minimum atomic E-state index is -0.00823. The fraction of sp³-hybridized carbons (Fsp3) is 0.500. The smallest absolute Gasteiger partial charge is 0.225 e. The molecule has 1 N–H and O–H groups in total. The number of rotatable bonds is 4. The molecule has 0 radical (unpaired) electrons. The zero-order chi connectivity index (χ0) is 16.6. The van der Waals surface area contributed by atoms with Crippen LogP contribution in [0.25, 0.3) is 0 Å². The topological polar surface area (TPSA) is 71.3 Å². The Hall–Kier alpha value is -2.37. The molecule has 1 aliphatic heterocycles. The summed E-state index contributed by atoms with van der Waals surface area (Å²) < 4.78 is 5.53. The summed E-state index contributed by atoms with van der Waals surface area (Å²) in [5.74, 6) is 2.49.